The topological polar surface area (TPSA) is 70.0 Å². The molecular formula is C18H17FN2O3S. The van der Waals surface area contributed by atoms with Gasteiger partial charge in [0.1, 0.15) is 5.82 Å². The highest BCUT2D eigenvalue weighted by Crippen LogP contribution is 2.33. The van der Waals surface area contributed by atoms with E-state index in [9.17, 15) is 14.0 Å². The molecule has 0 radical (unpaired) electrons. The van der Waals surface area contributed by atoms with E-state index in [4.69, 9.17) is 5.11 Å². The van der Waals surface area contributed by atoms with Crippen molar-refractivity contribution in [2.24, 2.45) is 5.10 Å². The Morgan fingerprint density at radius 1 is 1.24 bits per heavy atom. The van der Waals surface area contributed by atoms with E-state index in [-0.39, 0.29) is 37.0 Å². The number of rotatable bonds is 6. The van der Waals surface area contributed by atoms with E-state index in [0.717, 1.165) is 16.8 Å². The Bertz CT molecular complexity index is 787. The molecule has 0 saturated heterocycles. The van der Waals surface area contributed by atoms with Crippen molar-refractivity contribution >= 4 is 28.9 Å². The van der Waals surface area contributed by atoms with Gasteiger partial charge in [-0.15, -0.1) is 0 Å². The maximum Gasteiger partial charge on any atom is 0.303 e. The molecule has 7 heteroatoms. The molecule has 0 unspecified atom stereocenters. The van der Waals surface area contributed by atoms with E-state index in [2.05, 4.69) is 5.10 Å². The second-order valence-corrected chi connectivity index (χ2v) is 6.60. The Hall–Kier alpha value is -2.54. The molecule has 2 aromatic rings. The Morgan fingerprint density at radius 2 is 2.00 bits per heavy atom. The fourth-order valence-electron chi connectivity index (χ4n) is 2.79. The minimum Gasteiger partial charge on any atom is -0.481 e. The van der Waals surface area contributed by atoms with Crippen LogP contribution in [0.3, 0.4) is 0 Å². The summed E-state index contributed by atoms with van der Waals surface area (Å²) in [4.78, 5) is 23.2. The molecule has 1 N–H and O–H groups in total. The number of benzene rings is 1. The molecule has 1 aliphatic heterocycles. The molecule has 1 amide bonds. The van der Waals surface area contributed by atoms with Crippen molar-refractivity contribution in [2.75, 3.05) is 0 Å². The highest BCUT2D eigenvalue weighted by atomic mass is 32.1. The first-order valence-electron chi connectivity index (χ1n) is 7.94. The van der Waals surface area contributed by atoms with Crippen LogP contribution in [-0.4, -0.2) is 27.7 Å². The molecule has 2 heterocycles. The molecule has 25 heavy (non-hydrogen) atoms. The maximum atomic E-state index is 13.2. The molecule has 1 aliphatic rings. The quantitative estimate of drug-likeness (QED) is 0.851. The number of hydrogen-bond donors (Lipinski definition) is 1. The number of carbonyl (C=O) groups excluding carboxylic acids is 1. The first-order chi connectivity index (χ1) is 12.0. The molecule has 1 aromatic heterocycles. The van der Waals surface area contributed by atoms with Gasteiger partial charge in [0.05, 0.1) is 11.8 Å². The van der Waals surface area contributed by atoms with Crippen LogP contribution in [0, 0.1) is 5.82 Å². The highest BCUT2D eigenvalue weighted by Gasteiger charge is 2.32. The molecule has 0 bridgehead atoms. The third-order valence-electron chi connectivity index (χ3n) is 4.06. The molecule has 0 saturated carbocycles. The largest absolute Gasteiger partial charge is 0.481 e. The zero-order valence-corrected chi connectivity index (χ0v) is 14.2. The number of thiophene rings is 1. The minimum absolute atomic E-state index is 0.0537. The van der Waals surface area contributed by atoms with Gasteiger partial charge in [0, 0.05) is 24.8 Å². The fraction of sp³-hybridized carbons (Fsp3) is 0.278. The number of amides is 1. The van der Waals surface area contributed by atoms with Gasteiger partial charge in [-0.2, -0.15) is 16.4 Å². The highest BCUT2D eigenvalue weighted by molar-refractivity contribution is 7.08. The van der Waals surface area contributed by atoms with Crippen molar-refractivity contribution in [2.45, 2.75) is 31.7 Å². The van der Waals surface area contributed by atoms with E-state index in [1.165, 1.54) is 17.1 Å². The third kappa shape index (κ3) is 4.11. The summed E-state index contributed by atoms with van der Waals surface area (Å²) in [5, 5.41) is 18.5. The Labute approximate surface area is 148 Å². The van der Waals surface area contributed by atoms with E-state index in [1.54, 1.807) is 23.5 Å². The molecule has 3 rings (SSSR count). The average molecular weight is 360 g/mol. The van der Waals surface area contributed by atoms with Crippen molar-refractivity contribution in [3.05, 3.63) is 58.0 Å². The maximum absolute atomic E-state index is 13.2. The third-order valence-corrected chi connectivity index (χ3v) is 4.74. The first kappa shape index (κ1) is 17.3. The summed E-state index contributed by atoms with van der Waals surface area (Å²) >= 11 is 1.55. The predicted molar refractivity (Wildman–Crippen MR) is 92.9 cm³/mol. The lowest BCUT2D eigenvalue weighted by Crippen LogP contribution is -2.27. The van der Waals surface area contributed by atoms with Crippen LogP contribution < -0.4 is 0 Å². The van der Waals surface area contributed by atoms with Gasteiger partial charge in [0.15, 0.2) is 0 Å². The Morgan fingerprint density at radius 3 is 2.64 bits per heavy atom. The summed E-state index contributed by atoms with van der Waals surface area (Å²) in [6.45, 7) is 0. The molecule has 0 spiro atoms. The zero-order chi connectivity index (χ0) is 17.8. The number of aliphatic carboxylic acids is 1. The second kappa shape index (κ2) is 7.57. The second-order valence-electron chi connectivity index (χ2n) is 5.82. The number of carboxylic acid groups (broad SMARTS) is 1. The van der Waals surface area contributed by atoms with Gasteiger partial charge in [-0.05, 0) is 40.9 Å². The lowest BCUT2D eigenvalue weighted by molar-refractivity contribution is -0.137. The minimum atomic E-state index is -0.924. The van der Waals surface area contributed by atoms with Crippen LogP contribution in [-0.2, 0) is 9.59 Å². The number of halogens is 1. The lowest BCUT2D eigenvalue weighted by Gasteiger charge is -2.22. The summed E-state index contributed by atoms with van der Waals surface area (Å²) in [5.41, 5.74) is 2.59. The summed E-state index contributed by atoms with van der Waals surface area (Å²) in [5.74, 6) is -1.48. The van der Waals surface area contributed by atoms with Crippen LogP contribution >= 0.6 is 11.3 Å². The molecule has 5 nitrogen and oxygen atoms in total. The Balaban J connectivity index is 1.81. The van der Waals surface area contributed by atoms with Crippen LogP contribution in [0.4, 0.5) is 4.39 Å². The molecule has 0 aliphatic carbocycles. The van der Waals surface area contributed by atoms with E-state index >= 15 is 0 Å². The van der Waals surface area contributed by atoms with E-state index in [0.29, 0.717) is 6.42 Å². The van der Waals surface area contributed by atoms with Crippen LogP contribution in [0.25, 0.3) is 0 Å². The number of hydrogen-bond acceptors (Lipinski definition) is 4. The zero-order valence-electron chi connectivity index (χ0n) is 13.4. The van der Waals surface area contributed by atoms with Crippen LogP contribution in [0.5, 0.6) is 0 Å². The normalized spacial score (nSPS) is 16.8. The number of nitrogens with zero attached hydrogens (tertiary/aromatic N) is 2. The van der Waals surface area contributed by atoms with Gasteiger partial charge in [0.25, 0.3) is 0 Å². The SMILES string of the molecule is O=C(O)CCCC(=O)N1N=C(c2ccsc2)C[C@H]1c1ccc(F)cc1. The summed E-state index contributed by atoms with van der Waals surface area (Å²) in [6, 6.07) is 7.69. The van der Waals surface area contributed by atoms with Crippen LogP contribution in [0.15, 0.2) is 46.2 Å². The van der Waals surface area contributed by atoms with Crippen molar-refractivity contribution in [3.8, 4) is 0 Å². The number of carbonyl (C=O) groups is 2. The molecule has 130 valence electrons. The smallest absolute Gasteiger partial charge is 0.303 e. The average Bonchev–Trinajstić information content (AvgIpc) is 3.24. The first-order valence-corrected chi connectivity index (χ1v) is 8.88. The predicted octanol–water partition coefficient (Wildman–Crippen LogP) is 3.82. The van der Waals surface area contributed by atoms with Crippen molar-refractivity contribution in [3.63, 3.8) is 0 Å². The van der Waals surface area contributed by atoms with Crippen molar-refractivity contribution in [1.82, 2.24) is 5.01 Å². The van der Waals surface area contributed by atoms with E-state index in [1.807, 2.05) is 16.8 Å². The summed E-state index contributed by atoms with van der Waals surface area (Å²) < 4.78 is 13.2. The number of carboxylic acids is 1. The molecule has 0 fully saturated rings. The number of hydrazone groups is 1. The fourth-order valence-corrected chi connectivity index (χ4v) is 3.46. The molecule has 1 aromatic carbocycles. The molecule has 1 atom stereocenters. The van der Waals surface area contributed by atoms with Crippen molar-refractivity contribution in [1.29, 1.82) is 0 Å². The van der Waals surface area contributed by atoms with Gasteiger partial charge in [-0.25, -0.2) is 9.40 Å². The Kier molecular flexibility index (Phi) is 5.23. The standard InChI is InChI=1S/C18H17FN2O3S/c19-14-6-4-12(5-7-14)16-10-15(13-8-9-25-11-13)20-21(16)17(22)2-1-3-18(23)24/h4-9,11,16H,1-3,10H2,(H,23,24)/t16-/m0/s1. The van der Waals surface area contributed by atoms with Crippen molar-refractivity contribution < 1.29 is 19.1 Å². The van der Waals surface area contributed by atoms with Gasteiger partial charge in [-0.3, -0.25) is 9.59 Å². The lowest BCUT2D eigenvalue weighted by atomic mass is 9.99. The van der Waals surface area contributed by atoms with E-state index < -0.39 is 5.97 Å². The van der Waals surface area contributed by atoms with Crippen LogP contribution in [0.1, 0.15) is 42.9 Å². The molecular weight excluding hydrogens is 343 g/mol. The van der Waals surface area contributed by atoms with Gasteiger partial charge >= 0.3 is 5.97 Å². The van der Waals surface area contributed by atoms with Gasteiger partial charge in [0.2, 0.25) is 5.91 Å². The summed E-state index contributed by atoms with van der Waals surface area (Å²) in [6.07, 6.45) is 0.878. The van der Waals surface area contributed by atoms with Crippen LogP contribution in [0.2, 0.25) is 0 Å². The monoisotopic (exact) mass is 360 g/mol. The summed E-state index contributed by atoms with van der Waals surface area (Å²) in [7, 11) is 0. The van der Waals surface area contributed by atoms with Gasteiger partial charge in [-0.1, -0.05) is 12.1 Å². The van der Waals surface area contributed by atoms with Gasteiger partial charge < -0.3 is 5.11 Å².